The van der Waals surface area contributed by atoms with Crippen molar-refractivity contribution in [2.45, 2.75) is 12.8 Å². The molecule has 0 aliphatic carbocycles. The number of anilines is 1. The number of hydrogen-bond donors (Lipinski definition) is 1. The van der Waals surface area contributed by atoms with Crippen LogP contribution in [0.3, 0.4) is 0 Å². The van der Waals surface area contributed by atoms with Crippen molar-refractivity contribution in [2.75, 3.05) is 18.5 Å². The third kappa shape index (κ3) is 2.76. The number of aryl methyl sites for hydroxylation is 1. The predicted molar refractivity (Wildman–Crippen MR) is 90.7 cm³/mol. The van der Waals surface area contributed by atoms with Crippen molar-refractivity contribution >= 4 is 23.4 Å². The van der Waals surface area contributed by atoms with Gasteiger partial charge >= 0.3 is 0 Å². The molecule has 2 aliphatic rings. The fourth-order valence-electron chi connectivity index (χ4n) is 3.16. The summed E-state index contributed by atoms with van der Waals surface area (Å²) in [5.74, 6) is -0.444. The highest BCUT2D eigenvalue weighted by molar-refractivity contribution is 6.22. The van der Waals surface area contributed by atoms with Crippen molar-refractivity contribution in [1.29, 1.82) is 0 Å². The molecule has 0 fully saturated rings. The van der Waals surface area contributed by atoms with E-state index < -0.39 is 17.7 Å². The number of imide groups is 1. The lowest BCUT2D eigenvalue weighted by Gasteiger charge is -2.18. The fraction of sp³-hybridized carbons (Fsp3) is 0.211. The molecule has 0 spiro atoms. The van der Waals surface area contributed by atoms with Gasteiger partial charge in [0.25, 0.3) is 11.8 Å². The molecule has 0 unspecified atom stereocenters. The van der Waals surface area contributed by atoms with Crippen LogP contribution in [0.5, 0.6) is 5.75 Å². The van der Waals surface area contributed by atoms with E-state index in [-0.39, 0.29) is 6.54 Å². The van der Waals surface area contributed by atoms with E-state index in [9.17, 15) is 14.4 Å². The molecule has 2 aliphatic heterocycles. The molecule has 4 rings (SSSR count). The van der Waals surface area contributed by atoms with Gasteiger partial charge in [0, 0.05) is 5.69 Å². The minimum Gasteiger partial charge on any atom is -0.493 e. The average Bonchev–Trinajstić information content (AvgIpc) is 2.87. The van der Waals surface area contributed by atoms with Gasteiger partial charge in [0.15, 0.2) is 0 Å². The van der Waals surface area contributed by atoms with E-state index in [1.807, 2.05) is 12.1 Å². The maximum atomic E-state index is 12.3. The lowest BCUT2D eigenvalue weighted by Crippen LogP contribution is -2.37. The van der Waals surface area contributed by atoms with Gasteiger partial charge in [-0.15, -0.1) is 0 Å². The Kier molecular flexibility index (Phi) is 3.72. The summed E-state index contributed by atoms with van der Waals surface area (Å²) >= 11 is 0. The Labute approximate surface area is 144 Å². The van der Waals surface area contributed by atoms with Crippen molar-refractivity contribution in [3.05, 3.63) is 59.2 Å². The zero-order valence-electron chi connectivity index (χ0n) is 13.5. The maximum Gasteiger partial charge on any atom is 0.262 e. The average molecular weight is 336 g/mol. The van der Waals surface area contributed by atoms with Gasteiger partial charge < -0.3 is 10.1 Å². The first-order chi connectivity index (χ1) is 12.1. The third-order valence-electron chi connectivity index (χ3n) is 4.37. The number of rotatable bonds is 3. The molecule has 6 heteroatoms. The summed E-state index contributed by atoms with van der Waals surface area (Å²) in [7, 11) is 0. The Balaban J connectivity index is 1.46. The summed E-state index contributed by atoms with van der Waals surface area (Å²) in [5, 5.41) is 2.75. The highest BCUT2D eigenvalue weighted by Crippen LogP contribution is 2.27. The van der Waals surface area contributed by atoms with Gasteiger partial charge in [0.05, 0.1) is 17.7 Å². The topological polar surface area (TPSA) is 75.7 Å². The standard InChI is InChI=1S/C19H16N2O4/c22-17(20-13-7-8-16-12(10-13)4-3-9-25-16)11-21-18(23)14-5-1-2-6-15(14)19(21)24/h1-2,5-8,10H,3-4,9,11H2,(H,20,22). The number of carbonyl (C=O) groups excluding carboxylic acids is 3. The maximum absolute atomic E-state index is 12.3. The van der Waals surface area contributed by atoms with Crippen LogP contribution in [-0.2, 0) is 11.2 Å². The summed E-state index contributed by atoms with van der Waals surface area (Å²) in [6.45, 7) is 0.401. The first-order valence-electron chi connectivity index (χ1n) is 8.14. The lowest BCUT2D eigenvalue weighted by atomic mass is 10.1. The molecule has 0 atom stereocenters. The number of nitrogens with zero attached hydrogens (tertiary/aromatic N) is 1. The van der Waals surface area contributed by atoms with Gasteiger partial charge in [-0.3, -0.25) is 19.3 Å². The molecule has 0 radical (unpaired) electrons. The Hall–Kier alpha value is -3.15. The van der Waals surface area contributed by atoms with E-state index in [4.69, 9.17) is 4.74 Å². The molecule has 2 heterocycles. The Morgan fingerprint density at radius 1 is 1.08 bits per heavy atom. The van der Waals surface area contributed by atoms with Crippen molar-refractivity contribution in [3.63, 3.8) is 0 Å². The fourth-order valence-corrected chi connectivity index (χ4v) is 3.16. The number of nitrogens with one attached hydrogen (secondary N) is 1. The first-order valence-corrected chi connectivity index (χ1v) is 8.14. The van der Waals surface area contributed by atoms with Gasteiger partial charge in [0.1, 0.15) is 12.3 Å². The summed E-state index contributed by atoms with van der Waals surface area (Å²) < 4.78 is 5.54. The molecule has 2 aromatic rings. The van der Waals surface area contributed by atoms with Gasteiger partial charge in [-0.05, 0) is 48.7 Å². The van der Waals surface area contributed by atoms with Gasteiger partial charge in [-0.2, -0.15) is 0 Å². The van der Waals surface area contributed by atoms with E-state index in [2.05, 4.69) is 5.32 Å². The second kappa shape index (κ2) is 6.05. The van der Waals surface area contributed by atoms with E-state index in [0.29, 0.717) is 23.4 Å². The molecular formula is C19H16N2O4. The van der Waals surface area contributed by atoms with Crippen LogP contribution in [0.1, 0.15) is 32.7 Å². The summed E-state index contributed by atoms with van der Waals surface area (Å²) in [6.07, 6.45) is 1.84. The third-order valence-corrected chi connectivity index (χ3v) is 4.37. The summed E-state index contributed by atoms with van der Waals surface area (Å²) in [5.41, 5.74) is 2.35. The van der Waals surface area contributed by atoms with Crippen LogP contribution >= 0.6 is 0 Å². The van der Waals surface area contributed by atoms with E-state index in [1.54, 1.807) is 30.3 Å². The van der Waals surface area contributed by atoms with Crippen LogP contribution in [0.2, 0.25) is 0 Å². The number of hydrogen-bond acceptors (Lipinski definition) is 4. The number of ether oxygens (including phenoxy) is 1. The smallest absolute Gasteiger partial charge is 0.262 e. The minimum absolute atomic E-state index is 0.306. The van der Waals surface area contributed by atoms with Crippen LogP contribution in [-0.4, -0.2) is 35.8 Å². The van der Waals surface area contributed by atoms with Crippen molar-refractivity contribution in [2.24, 2.45) is 0 Å². The van der Waals surface area contributed by atoms with Crippen molar-refractivity contribution in [1.82, 2.24) is 4.90 Å². The zero-order valence-corrected chi connectivity index (χ0v) is 13.5. The number of benzene rings is 2. The molecule has 0 saturated heterocycles. The molecule has 2 aromatic carbocycles. The van der Waals surface area contributed by atoms with Gasteiger partial charge in [-0.1, -0.05) is 12.1 Å². The summed E-state index contributed by atoms with van der Waals surface area (Å²) in [6, 6.07) is 12.0. The Morgan fingerprint density at radius 3 is 2.52 bits per heavy atom. The molecule has 3 amide bonds. The molecule has 0 bridgehead atoms. The van der Waals surface area contributed by atoms with Crippen LogP contribution < -0.4 is 10.1 Å². The molecule has 126 valence electrons. The van der Waals surface area contributed by atoms with E-state index >= 15 is 0 Å². The van der Waals surface area contributed by atoms with Crippen LogP contribution in [0, 0.1) is 0 Å². The molecule has 6 nitrogen and oxygen atoms in total. The molecular weight excluding hydrogens is 320 g/mol. The van der Waals surface area contributed by atoms with Crippen molar-refractivity contribution in [3.8, 4) is 5.75 Å². The normalized spacial score (nSPS) is 15.4. The van der Waals surface area contributed by atoms with Crippen LogP contribution in [0.25, 0.3) is 0 Å². The largest absolute Gasteiger partial charge is 0.493 e. The summed E-state index contributed by atoms with van der Waals surface area (Å²) in [4.78, 5) is 37.9. The second-order valence-electron chi connectivity index (χ2n) is 6.06. The Bertz CT molecular complexity index is 856. The first kappa shape index (κ1) is 15.4. The highest BCUT2D eigenvalue weighted by Gasteiger charge is 2.36. The zero-order chi connectivity index (χ0) is 17.4. The van der Waals surface area contributed by atoms with Gasteiger partial charge in [0.2, 0.25) is 5.91 Å². The molecule has 1 N–H and O–H groups in total. The van der Waals surface area contributed by atoms with Crippen LogP contribution in [0.4, 0.5) is 5.69 Å². The predicted octanol–water partition coefficient (Wildman–Crippen LogP) is 2.25. The molecule has 0 saturated carbocycles. The Morgan fingerprint density at radius 2 is 1.80 bits per heavy atom. The lowest BCUT2D eigenvalue weighted by molar-refractivity contribution is -0.116. The highest BCUT2D eigenvalue weighted by atomic mass is 16.5. The number of amides is 3. The molecule has 25 heavy (non-hydrogen) atoms. The molecule has 0 aromatic heterocycles. The van der Waals surface area contributed by atoms with Crippen molar-refractivity contribution < 1.29 is 19.1 Å². The van der Waals surface area contributed by atoms with E-state index in [1.165, 1.54) is 0 Å². The number of fused-ring (bicyclic) bond motifs is 2. The van der Waals surface area contributed by atoms with Gasteiger partial charge in [-0.25, -0.2) is 0 Å². The minimum atomic E-state index is -0.436. The monoisotopic (exact) mass is 336 g/mol. The van der Waals surface area contributed by atoms with E-state index in [0.717, 1.165) is 29.1 Å². The second-order valence-corrected chi connectivity index (χ2v) is 6.06. The quantitative estimate of drug-likeness (QED) is 0.872. The van der Waals surface area contributed by atoms with Crippen LogP contribution in [0.15, 0.2) is 42.5 Å². The number of carbonyl (C=O) groups is 3. The SMILES string of the molecule is O=C(CN1C(=O)c2ccccc2C1=O)Nc1ccc2c(c1)CCCO2.